The van der Waals surface area contributed by atoms with Gasteiger partial charge in [-0.3, -0.25) is 0 Å². The van der Waals surface area contributed by atoms with Gasteiger partial charge >= 0.3 is 6.18 Å². The number of halogens is 3. The quantitative estimate of drug-likeness (QED) is 0.916. The van der Waals surface area contributed by atoms with Crippen LogP contribution in [-0.4, -0.2) is 12.6 Å². The Morgan fingerprint density at radius 1 is 1.20 bits per heavy atom. The highest BCUT2D eigenvalue weighted by atomic mass is 19.4. The fourth-order valence-electron chi connectivity index (χ4n) is 2.70. The summed E-state index contributed by atoms with van der Waals surface area (Å²) in [5, 5.41) is 0. The van der Waals surface area contributed by atoms with Gasteiger partial charge in [0.25, 0.3) is 0 Å². The zero-order valence-electron chi connectivity index (χ0n) is 11.5. The molecule has 0 saturated heterocycles. The number of ether oxygens (including phenoxy) is 1. The first kappa shape index (κ1) is 15.2. The fraction of sp³-hybridized carbons (Fsp3) is 0.600. The topological polar surface area (TPSA) is 35.2 Å². The SMILES string of the molecule is CC1CCC(CN)C(Oc2ccc(C(F)(F)F)cc2)C1. The predicted molar refractivity (Wildman–Crippen MR) is 71.4 cm³/mol. The summed E-state index contributed by atoms with van der Waals surface area (Å²) in [5.41, 5.74) is 5.09. The fourth-order valence-corrected chi connectivity index (χ4v) is 2.70. The first-order chi connectivity index (χ1) is 9.40. The van der Waals surface area contributed by atoms with Gasteiger partial charge in [0.2, 0.25) is 0 Å². The summed E-state index contributed by atoms with van der Waals surface area (Å²) in [7, 11) is 0. The number of nitrogens with two attached hydrogens (primary N) is 1. The van der Waals surface area contributed by atoms with Crippen LogP contribution >= 0.6 is 0 Å². The van der Waals surface area contributed by atoms with Crippen molar-refractivity contribution in [2.45, 2.75) is 38.5 Å². The first-order valence-electron chi connectivity index (χ1n) is 6.94. The van der Waals surface area contributed by atoms with Gasteiger partial charge in [-0.25, -0.2) is 0 Å². The second-order valence-electron chi connectivity index (χ2n) is 5.59. The molecule has 3 unspecified atom stereocenters. The van der Waals surface area contributed by atoms with Crippen molar-refractivity contribution in [1.29, 1.82) is 0 Å². The molecule has 1 saturated carbocycles. The largest absolute Gasteiger partial charge is 0.490 e. The average molecular weight is 287 g/mol. The maximum Gasteiger partial charge on any atom is 0.416 e. The Bertz CT molecular complexity index is 430. The molecule has 1 fully saturated rings. The van der Waals surface area contributed by atoms with Crippen LogP contribution in [0.2, 0.25) is 0 Å². The molecule has 5 heteroatoms. The van der Waals surface area contributed by atoms with Crippen LogP contribution in [0, 0.1) is 11.8 Å². The molecule has 2 rings (SSSR count). The molecule has 0 aliphatic heterocycles. The minimum atomic E-state index is -4.31. The van der Waals surface area contributed by atoms with Gasteiger partial charge < -0.3 is 10.5 Å². The van der Waals surface area contributed by atoms with Crippen LogP contribution in [0.15, 0.2) is 24.3 Å². The first-order valence-corrected chi connectivity index (χ1v) is 6.94. The number of rotatable bonds is 3. The molecule has 2 nitrogen and oxygen atoms in total. The van der Waals surface area contributed by atoms with Crippen molar-refractivity contribution in [2.75, 3.05) is 6.54 Å². The molecule has 0 radical (unpaired) electrons. The van der Waals surface area contributed by atoms with Gasteiger partial charge in [-0.2, -0.15) is 13.2 Å². The highest BCUT2D eigenvalue weighted by Gasteiger charge is 2.31. The lowest BCUT2D eigenvalue weighted by molar-refractivity contribution is -0.137. The van der Waals surface area contributed by atoms with Crippen LogP contribution in [0.25, 0.3) is 0 Å². The third-order valence-corrected chi connectivity index (χ3v) is 3.96. The summed E-state index contributed by atoms with van der Waals surface area (Å²) in [6.45, 7) is 2.72. The minimum Gasteiger partial charge on any atom is -0.490 e. The minimum absolute atomic E-state index is 0.000451. The molecule has 0 bridgehead atoms. The van der Waals surface area contributed by atoms with Crippen molar-refractivity contribution in [2.24, 2.45) is 17.6 Å². The molecule has 0 aromatic heterocycles. The summed E-state index contributed by atoms with van der Waals surface area (Å²) in [6, 6.07) is 4.88. The van der Waals surface area contributed by atoms with Crippen LogP contribution in [0.3, 0.4) is 0 Å². The Kier molecular flexibility index (Phi) is 4.58. The Morgan fingerprint density at radius 2 is 1.85 bits per heavy atom. The summed E-state index contributed by atoms with van der Waals surface area (Å²) in [4.78, 5) is 0. The Morgan fingerprint density at radius 3 is 2.40 bits per heavy atom. The summed E-state index contributed by atoms with van der Waals surface area (Å²) in [6.07, 6.45) is -1.25. The van der Waals surface area contributed by atoms with E-state index in [4.69, 9.17) is 10.5 Å². The Balaban J connectivity index is 2.05. The molecule has 1 aromatic rings. The molecular formula is C15H20F3NO. The molecule has 0 heterocycles. The lowest BCUT2D eigenvalue weighted by Gasteiger charge is -2.34. The third-order valence-electron chi connectivity index (χ3n) is 3.96. The van der Waals surface area contributed by atoms with Crippen molar-refractivity contribution >= 4 is 0 Å². The zero-order valence-corrected chi connectivity index (χ0v) is 11.5. The van der Waals surface area contributed by atoms with Gasteiger partial charge in [0.1, 0.15) is 11.9 Å². The van der Waals surface area contributed by atoms with E-state index in [0.717, 1.165) is 31.4 Å². The third kappa shape index (κ3) is 3.66. The number of benzene rings is 1. The van der Waals surface area contributed by atoms with Gasteiger partial charge in [0.15, 0.2) is 0 Å². The van der Waals surface area contributed by atoms with Crippen molar-refractivity contribution in [3.05, 3.63) is 29.8 Å². The second-order valence-corrected chi connectivity index (χ2v) is 5.59. The Hall–Kier alpha value is -1.23. The molecule has 112 valence electrons. The molecule has 0 amide bonds. The molecule has 1 aliphatic rings. The van der Waals surface area contributed by atoms with Gasteiger partial charge in [-0.05, 0) is 49.6 Å². The second kappa shape index (κ2) is 6.04. The van der Waals surface area contributed by atoms with E-state index in [-0.39, 0.29) is 12.0 Å². The average Bonchev–Trinajstić information content (AvgIpc) is 2.38. The van der Waals surface area contributed by atoms with Gasteiger partial charge in [-0.1, -0.05) is 13.3 Å². The molecular weight excluding hydrogens is 267 g/mol. The molecule has 1 aromatic carbocycles. The van der Waals surface area contributed by atoms with E-state index < -0.39 is 11.7 Å². The van der Waals surface area contributed by atoms with Crippen LogP contribution in [0.1, 0.15) is 31.7 Å². The molecule has 2 N–H and O–H groups in total. The number of alkyl halides is 3. The molecule has 1 aliphatic carbocycles. The van der Waals surface area contributed by atoms with Gasteiger partial charge in [-0.15, -0.1) is 0 Å². The van der Waals surface area contributed by atoms with E-state index in [2.05, 4.69) is 6.92 Å². The van der Waals surface area contributed by atoms with E-state index in [1.807, 2.05) is 0 Å². The van der Waals surface area contributed by atoms with E-state index >= 15 is 0 Å². The molecule has 3 atom stereocenters. The van der Waals surface area contributed by atoms with Crippen molar-refractivity contribution < 1.29 is 17.9 Å². The van der Waals surface area contributed by atoms with E-state index in [1.165, 1.54) is 12.1 Å². The molecule has 0 spiro atoms. The normalized spacial score (nSPS) is 27.4. The lowest BCUT2D eigenvalue weighted by atomic mass is 9.80. The van der Waals surface area contributed by atoms with Crippen LogP contribution in [0.4, 0.5) is 13.2 Å². The van der Waals surface area contributed by atoms with Crippen molar-refractivity contribution in [3.63, 3.8) is 0 Å². The Labute approximate surface area is 117 Å². The van der Waals surface area contributed by atoms with E-state index in [9.17, 15) is 13.2 Å². The van der Waals surface area contributed by atoms with Crippen molar-refractivity contribution in [3.8, 4) is 5.75 Å². The maximum absolute atomic E-state index is 12.5. The highest BCUT2D eigenvalue weighted by Crippen LogP contribution is 2.33. The highest BCUT2D eigenvalue weighted by molar-refractivity contribution is 5.29. The van der Waals surface area contributed by atoms with Crippen LogP contribution in [-0.2, 0) is 6.18 Å². The van der Waals surface area contributed by atoms with E-state index in [1.54, 1.807) is 0 Å². The van der Waals surface area contributed by atoms with Crippen LogP contribution < -0.4 is 10.5 Å². The maximum atomic E-state index is 12.5. The smallest absolute Gasteiger partial charge is 0.416 e. The van der Waals surface area contributed by atoms with E-state index in [0.29, 0.717) is 18.2 Å². The standard InChI is InChI=1S/C15H20F3NO/c1-10-2-3-11(9-19)14(8-10)20-13-6-4-12(5-7-13)15(16,17)18/h4-7,10-11,14H,2-3,8-9,19H2,1H3. The zero-order chi connectivity index (χ0) is 14.8. The monoisotopic (exact) mass is 287 g/mol. The lowest BCUT2D eigenvalue weighted by Crippen LogP contribution is -2.37. The van der Waals surface area contributed by atoms with Crippen LogP contribution in [0.5, 0.6) is 5.75 Å². The number of hydrogen-bond acceptors (Lipinski definition) is 2. The van der Waals surface area contributed by atoms with Gasteiger partial charge in [0.05, 0.1) is 5.56 Å². The van der Waals surface area contributed by atoms with Gasteiger partial charge in [0, 0.05) is 5.92 Å². The summed E-state index contributed by atoms with van der Waals surface area (Å²) < 4.78 is 43.3. The number of hydrogen-bond donors (Lipinski definition) is 1. The van der Waals surface area contributed by atoms with Crippen molar-refractivity contribution in [1.82, 2.24) is 0 Å². The summed E-state index contributed by atoms with van der Waals surface area (Å²) in [5.74, 6) is 1.33. The predicted octanol–water partition coefficient (Wildman–Crippen LogP) is 3.85. The summed E-state index contributed by atoms with van der Waals surface area (Å²) >= 11 is 0. The molecule has 20 heavy (non-hydrogen) atoms.